The van der Waals surface area contributed by atoms with E-state index in [0.717, 1.165) is 39.2 Å². The average molecular weight is 465 g/mol. The Labute approximate surface area is 204 Å². The zero-order valence-electron chi connectivity index (χ0n) is 18.9. The number of hydrogen-bond donors (Lipinski definition) is 0. The molecule has 8 rings (SSSR count). The van der Waals surface area contributed by atoms with Crippen LogP contribution >= 0.6 is 0 Å². The quantitative estimate of drug-likeness (QED) is 0.295. The topological polar surface area (TPSA) is 18.5 Å². The van der Waals surface area contributed by atoms with Crippen molar-refractivity contribution < 1.29 is 9.47 Å². The highest BCUT2D eigenvalue weighted by atomic mass is 28.3. The van der Waals surface area contributed by atoms with Crippen molar-refractivity contribution in [3.05, 3.63) is 121 Å². The zero-order chi connectivity index (χ0) is 23.0. The minimum absolute atomic E-state index is 0.910. The molecule has 6 aromatic carbocycles. The van der Waals surface area contributed by atoms with E-state index in [9.17, 15) is 0 Å². The molecule has 0 fully saturated rings. The summed E-state index contributed by atoms with van der Waals surface area (Å²) in [5.41, 5.74) is 0. The molecule has 0 amide bonds. The number of fused-ring (bicyclic) bond motifs is 8. The normalized spacial score (nSPS) is 17.1. The van der Waals surface area contributed by atoms with Crippen molar-refractivity contribution in [2.24, 2.45) is 0 Å². The summed E-state index contributed by atoms with van der Waals surface area (Å²) in [6, 6.07) is 43.4. The Balaban J connectivity index is 1.64. The first-order chi connectivity index (χ1) is 17.4. The predicted molar refractivity (Wildman–Crippen MR) is 145 cm³/mol. The van der Waals surface area contributed by atoms with Crippen LogP contribution in [0, 0.1) is 0 Å². The van der Waals surface area contributed by atoms with Gasteiger partial charge in [0, 0.05) is 16.0 Å². The Kier molecular flexibility index (Phi) is 3.72. The average Bonchev–Trinajstić information content (AvgIpc) is 2.93. The summed E-state index contributed by atoms with van der Waals surface area (Å²) in [5.74, 6) is 3.77. The molecule has 6 aromatic rings. The van der Waals surface area contributed by atoms with Gasteiger partial charge >= 0.3 is 0 Å². The van der Waals surface area contributed by atoms with Gasteiger partial charge in [0.25, 0.3) is 0 Å². The molecule has 164 valence electrons. The highest BCUT2D eigenvalue weighted by molar-refractivity contribution is 7.22. The van der Waals surface area contributed by atoms with E-state index in [1.807, 2.05) is 0 Å². The van der Waals surface area contributed by atoms with Crippen LogP contribution in [0.4, 0.5) is 0 Å². The number of benzene rings is 6. The van der Waals surface area contributed by atoms with E-state index in [-0.39, 0.29) is 0 Å². The molecule has 0 saturated heterocycles. The van der Waals surface area contributed by atoms with Crippen LogP contribution in [0.1, 0.15) is 0 Å². The van der Waals surface area contributed by atoms with Gasteiger partial charge in [0.15, 0.2) is 8.07 Å². The van der Waals surface area contributed by atoms with Crippen LogP contribution in [0.25, 0.3) is 21.5 Å². The minimum Gasteiger partial charge on any atom is -0.457 e. The Morgan fingerprint density at radius 1 is 0.457 bits per heavy atom. The fraction of sp³-hybridized carbons (Fsp3) is 0. The molecule has 0 aromatic heterocycles. The third-order valence-corrected chi connectivity index (χ3v) is 12.4. The molecule has 0 radical (unpaired) electrons. The van der Waals surface area contributed by atoms with Crippen LogP contribution in [-0.4, -0.2) is 8.07 Å². The number of rotatable bonds is 1. The van der Waals surface area contributed by atoms with E-state index in [2.05, 4.69) is 121 Å². The predicted octanol–water partition coefficient (Wildman–Crippen LogP) is 5.58. The van der Waals surface area contributed by atoms with Crippen LogP contribution in [0.2, 0.25) is 0 Å². The first-order valence-corrected chi connectivity index (χ1v) is 13.9. The summed E-state index contributed by atoms with van der Waals surface area (Å²) in [6.07, 6.45) is 0. The highest BCUT2D eigenvalue weighted by Crippen LogP contribution is 2.44. The summed E-state index contributed by atoms with van der Waals surface area (Å²) in [6.45, 7) is 0. The Morgan fingerprint density at radius 3 is 1.97 bits per heavy atom. The first kappa shape index (κ1) is 19.0. The van der Waals surface area contributed by atoms with Gasteiger partial charge in [-0.05, 0) is 38.5 Å². The van der Waals surface area contributed by atoms with Crippen molar-refractivity contribution in [2.45, 2.75) is 0 Å². The lowest BCUT2D eigenvalue weighted by Crippen LogP contribution is -2.77. The van der Waals surface area contributed by atoms with Crippen LogP contribution < -0.4 is 30.2 Å². The SMILES string of the molecule is c1ccc([Si]23c4ccccc4Oc4c2c(cc2ccccc42)Oc2c3ccc3ccccc23)cc1. The van der Waals surface area contributed by atoms with E-state index in [1.54, 1.807) is 0 Å². The van der Waals surface area contributed by atoms with Gasteiger partial charge in [0.1, 0.15) is 23.0 Å². The molecule has 0 saturated carbocycles. The van der Waals surface area contributed by atoms with Crippen molar-refractivity contribution in [2.75, 3.05) is 0 Å². The van der Waals surface area contributed by atoms with Crippen LogP contribution in [-0.2, 0) is 0 Å². The largest absolute Gasteiger partial charge is 0.457 e. The van der Waals surface area contributed by atoms with Gasteiger partial charge in [-0.25, -0.2) is 0 Å². The lowest BCUT2D eigenvalue weighted by molar-refractivity contribution is 0.470. The summed E-state index contributed by atoms with van der Waals surface area (Å²) < 4.78 is 13.6. The maximum atomic E-state index is 6.86. The number of para-hydroxylation sites is 1. The molecule has 3 heteroatoms. The molecule has 2 nitrogen and oxygen atoms in total. The van der Waals surface area contributed by atoms with Crippen molar-refractivity contribution in [3.8, 4) is 23.0 Å². The molecule has 35 heavy (non-hydrogen) atoms. The second-order valence-corrected chi connectivity index (χ2v) is 12.9. The molecule has 0 spiro atoms. The van der Waals surface area contributed by atoms with E-state index in [4.69, 9.17) is 9.47 Å². The lowest BCUT2D eigenvalue weighted by atomic mass is 10.1. The molecular formula is C32H20O2Si. The second-order valence-electron chi connectivity index (χ2n) is 9.28. The maximum absolute atomic E-state index is 6.86. The molecule has 2 heterocycles. The van der Waals surface area contributed by atoms with Crippen LogP contribution in [0.15, 0.2) is 121 Å². The molecule has 1 unspecified atom stereocenters. The summed E-state index contributed by atoms with van der Waals surface area (Å²) in [7, 11) is -2.74. The van der Waals surface area contributed by atoms with Crippen LogP contribution in [0.3, 0.4) is 0 Å². The first-order valence-electron chi connectivity index (χ1n) is 11.9. The minimum atomic E-state index is -2.74. The van der Waals surface area contributed by atoms with Crippen molar-refractivity contribution in [3.63, 3.8) is 0 Å². The van der Waals surface area contributed by atoms with Crippen molar-refractivity contribution in [1.82, 2.24) is 0 Å². The summed E-state index contributed by atoms with van der Waals surface area (Å²) >= 11 is 0. The van der Waals surface area contributed by atoms with E-state index < -0.39 is 8.07 Å². The van der Waals surface area contributed by atoms with Gasteiger partial charge in [0.2, 0.25) is 0 Å². The molecule has 0 N–H and O–H groups in total. The Hall–Kier alpha value is -4.34. The fourth-order valence-electron chi connectivity index (χ4n) is 6.12. The molecule has 1 atom stereocenters. The molecule has 0 bridgehead atoms. The standard InChI is InChI=1S/C32H20O2Si/c1-2-12-23(13-3-1)35-28-17-9-8-16-26(28)33-31-25-15-7-5-11-22(25)20-27(32(31)35)34-30-24-14-6-4-10-21(24)18-19-29(30)35/h1-20H. The van der Waals surface area contributed by atoms with Crippen LogP contribution in [0.5, 0.6) is 23.0 Å². The molecular weight excluding hydrogens is 444 g/mol. The van der Waals surface area contributed by atoms with E-state index in [1.165, 1.54) is 26.1 Å². The van der Waals surface area contributed by atoms with Gasteiger partial charge in [-0.1, -0.05) is 109 Å². The van der Waals surface area contributed by atoms with Gasteiger partial charge < -0.3 is 9.47 Å². The Bertz CT molecular complexity index is 1810. The van der Waals surface area contributed by atoms with Gasteiger partial charge in [-0.15, -0.1) is 0 Å². The summed E-state index contributed by atoms with van der Waals surface area (Å²) in [4.78, 5) is 0. The fourth-order valence-corrected chi connectivity index (χ4v) is 11.3. The zero-order valence-corrected chi connectivity index (χ0v) is 19.9. The summed E-state index contributed by atoms with van der Waals surface area (Å²) in [5, 5.41) is 9.70. The third-order valence-electron chi connectivity index (χ3n) is 7.55. The highest BCUT2D eigenvalue weighted by Gasteiger charge is 2.54. The van der Waals surface area contributed by atoms with E-state index in [0.29, 0.717) is 0 Å². The van der Waals surface area contributed by atoms with Crippen molar-refractivity contribution >= 4 is 50.4 Å². The van der Waals surface area contributed by atoms with Crippen molar-refractivity contribution in [1.29, 1.82) is 0 Å². The lowest BCUT2D eigenvalue weighted by Gasteiger charge is -2.44. The smallest absolute Gasteiger partial charge is 0.197 e. The molecule has 2 aliphatic rings. The number of hydrogen-bond acceptors (Lipinski definition) is 2. The Morgan fingerprint density at radius 2 is 1.11 bits per heavy atom. The van der Waals surface area contributed by atoms with E-state index >= 15 is 0 Å². The molecule has 0 aliphatic carbocycles. The van der Waals surface area contributed by atoms with Gasteiger partial charge in [0.05, 0.1) is 0 Å². The number of ether oxygens (including phenoxy) is 2. The molecule has 2 aliphatic heterocycles. The third kappa shape index (κ3) is 2.38. The maximum Gasteiger partial charge on any atom is 0.197 e. The second kappa shape index (κ2) is 6.84. The monoisotopic (exact) mass is 464 g/mol. The van der Waals surface area contributed by atoms with Gasteiger partial charge in [-0.3, -0.25) is 0 Å². The van der Waals surface area contributed by atoms with Gasteiger partial charge in [-0.2, -0.15) is 0 Å².